The molecule has 1 fully saturated rings. The van der Waals surface area contributed by atoms with Gasteiger partial charge in [0.25, 0.3) is 5.91 Å². The molecule has 1 aliphatic carbocycles. The number of aryl methyl sites for hydroxylation is 1. The van der Waals surface area contributed by atoms with Crippen LogP contribution in [-0.4, -0.2) is 27.9 Å². The van der Waals surface area contributed by atoms with Crippen LogP contribution in [0, 0.1) is 18.3 Å². The lowest BCUT2D eigenvalue weighted by Gasteiger charge is -2.12. The van der Waals surface area contributed by atoms with E-state index in [1.54, 1.807) is 25.5 Å². The number of amides is 1. The molecule has 34 heavy (non-hydrogen) atoms. The molecule has 1 aliphatic rings. The van der Waals surface area contributed by atoms with Gasteiger partial charge in [0.2, 0.25) is 0 Å². The Morgan fingerprint density at radius 3 is 2.68 bits per heavy atom. The summed E-state index contributed by atoms with van der Waals surface area (Å²) < 4.78 is 14.4. The van der Waals surface area contributed by atoms with Gasteiger partial charge < -0.3 is 10.6 Å². The van der Waals surface area contributed by atoms with Crippen molar-refractivity contribution in [3.05, 3.63) is 77.4 Å². The molecule has 0 unspecified atom stereocenters. The number of hydrogen-bond acceptors (Lipinski definition) is 6. The summed E-state index contributed by atoms with van der Waals surface area (Å²) in [6, 6.07) is 12.8. The summed E-state index contributed by atoms with van der Waals surface area (Å²) in [5.74, 6) is 0.151. The van der Waals surface area contributed by atoms with Crippen molar-refractivity contribution in [1.29, 1.82) is 5.26 Å². The van der Waals surface area contributed by atoms with E-state index in [1.165, 1.54) is 12.3 Å². The van der Waals surface area contributed by atoms with E-state index in [0.29, 0.717) is 46.7 Å². The lowest BCUT2D eigenvalue weighted by atomic mass is 9.99. The van der Waals surface area contributed by atoms with Crippen molar-refractivity contribution in [3.8, 4) is 17.2 Å². The minimum atomic E-state index is -1.40. The molecular formula is C26H21FN6O. The average molecular weight is 452 g/mol. The average Bonchev–Trinajstić information content (AvgIpc) is 3.62. The lowest BCUT2D eigenvalue weighted by molar-refractivity contribution is 0.102. The van der Waals surface area contributed by atoms with Crippen molar-refractivity contribution in [1.82, 2.24) is 15.0 Å². The number of benzene rings is 1. The third-order valence-corrected chi connectivity index (χ3v) is 6.05. The Morgan fingerprint density at radius 2 is 1.94 bits per heavy atom. The molecule has 0 atom stereocenters. The van der Waals surface area contributed by atoms with E-state index >= 15 is 0 Å². The molecule has 168 valence electrons. The predicted molar refractivity (Wildman–Crippen MR) is 128 cm³/mol. The number of nitrogens with one attached hydrogen (secondary N) is 2. The van der Waals surface area contributed by atoms with Crippen LogP contribution in [0.2, 0.25) is 0 Å². The number of rotatable bonds is 5. The number of nitriles is 1. The molecule has 1 saturated carbocycles. The van der Waals surface area contributed by atoms with E-state index in [0.717, 1.165) is 22.1 Å². The zero-order chi connectivity index (χ0) is 23.9. The largest absolute Gasteiger partial charge is 0.372 e. The molecule has 8 heteroatoms. The van der Waals surface area contributed by atoms with Crippen molar-refractivity contribution in [2.45, 2.75) is 25.4 Å². The molecule has 0 spiro atoms. The molecule has 1 aromatic carbocycles. The Morgan fingerprint density at radius 1 is 1.12 bits per heavy atom. The maximum Gasteiger partial charge on any atom is 0.255 e. The molecular weight excluding hydrogens is 431 g/mol. The molecule has 3 aromatic heterocycles. The maximum absolute atomic E-state index is 14.4. The highest BCUT2D eigenvalue weighted by atomic mass is 19.1. The fraction of sp³-hybridized carbons (Fsp3) is 0.192. The summed E-state index contributed by atoms with van der Waals surface area (Å²) in [6.45, 7) is 1.97. The van der Waals surface area contributed by atoms with Crippen LogP contribution in [0.25, 0.3) is 22.0 Å². The van der Waals surface area contributed by atoms with Crippen LogP contribution in [0.5, 0.6) is 0 Å². The van der Waals surface area contributed by atoms with Crippen LogP contribution >= 0.6 is 0 Å². The Hall–Kier alpha value is -4.38. The molecule has 0 radical (unpaired) electrons. The van der Waals surface area contributed by atoms with Crippen LogP contribution in [0.15, 0.2) is 55.0 Å². The Balaban J connectivity index is 1.46. The minimum absolute atomic E-state index is 0.304. The zero-order valence-corrected chi connectivity index (χ0v) is 18.7. The van der Waals surface area contributed by atoms with Gasteiger partial charge in [-0.2, -0.15) is 5.26 Å². The fourth-order valence-corrected chi connectivity index (χ4v) is 3.94. The quantitative estimate of drug-likeness (QED) is 0.435. The molecule has 4 aromatic rings. The number of nitrogens with zero attached hydrogens (tertiary/aromatic N) is 4. The van der Waals surface area contributed by atoms with Gasteiger partial charge in [0, 0.05) is 47.8 Å². The first kappa shape index (κ1) is 21.5. The molecule has 1 amide bonds. The summed E-state index contributed by atoms with van der Waals surface area (Å²) >= 11 is 0. The van der Waals surface area contributed by atoms with E-state index < -0.39 is 5.67 Å². The van der Waals surface area contributed by atoms with Crippen molar-refractivity contribution in [2.75, 3.05) is 17.7 Å². The van der Waals surface area contributed by atoms with Gasteiger partial charge in [-0.1, -0.05) is 6.07 Å². The van der Waals surface area contributed by atoms with Crippen molar-refractivity contribution in [2.24, 2.45) is 0 Å². The third kappa shape index (κ3) is 3.82. The molecule has 3 heterocycles. The molecule has 2 N–H and O–H groups in total. The van der Waals surface area contributed by atoms with Gasteiger partial charge in [0.05, 0.1) is 11.2 Å². The second-order valence-corrected chi connectivity index (χ2v) is 8.38. The number of anilines is 2. The summed E-state index contributed by atoms with van der Waals surface area (Å²) in [5, 5.41) is 16.1. The number of halogens is 1. The van der Waals surface area contributed by atoms with Crippen LogP contribution in [0.4, 0.5) is 15.9 Å². The smallest absolute Gasteiger partial charge is 0.255 e. The Kier molecular flexibility index (Phi) is 5.17. The number of fused-ring (bicyclic) bond motifs is 1. The summed E-state index contributed by atoms with van der Waals surface area (Å²) in [7, 11) is 1.71. The zero-order valence-electron chi connectivity index (χ0n) is 18.7. The highest BCUT2D eigenvalue weighted by Crippen LogP contribution is 2.48. The third-order valence-electron chi connectivity index (χ3n) is 6.05. The summed E-state index contributed by atoms with van der Waals surface area (Å²) in [4.78, 5) is 25.8. The number of aromatic nitrogens is 3. The van der Waals surface area contributed by atoms with Gasteiger partial charge in [0.15, 0.2) is 5.67 Å². The highest BCUT2D eigenvalue weighted by Gasteiger charge is 2.46. The number of carbonyl (C=O) groups is 1. The van der Waals surface area contributed by atoms with Gasteiger partial charge in [-0.25, -0.2) is 9.37 Å². The molecule has 0 aliphatic heterocycles. The number of pyridine rings is 3. The van der Waals surface area contributed by atoms with Gasteiger partial charge >= 0.3 is 0 Å². The first-order valence-electron chi connectivity index (χ1n) is 10.9. The van der Waals surface area contributed by atoms with Gasteiger partial charge in [0.1, 0.15) is 17.5 Å². The monoisotopic (exact) mass is 452 g/mol. The van der Waals surface area contributed by atoms with Gasteiger partial charge in [-0.3, -0.25) is 14.8 Å². The molecule has 5 rings (SSSR count). The first-order chi connectivity index (χ1) is 16.4. The van der Waals surface area contributed by atoms with Gasteiger partial charge in [-0.15, -0.1) is 0 Å². The van der Waals surface area contributed by atoms with Crippen LogP contribution in [0.1, 0.15) is 40.0 Å². The molecule has 7 nitrogen and oxygen atoms in total. The Labute approximate surface area is 195 Å². The number of alkyl halides is 1. The normalized spacial score (nSPS) is 13.8. The number of hydrogen-bond donors (Lipinski definition) is 2. The first-order valence-corrected chi connectivity index (χ1v) is 10.9. The SMILES string of the molecule is CNc1ncc2cc(-c3cc(NC(=O)c4ccnc(C5(F)CC5)c4)ccc3C)cnc2c1C#N. The van der Waals surface area contributed by atoms with E-state index in [2.05, 4.69) is 31.7 Å². The van der Waals surface area contributed by atoms with Crippen molar-refractivity contribution >= 4 is 28.3 Å². The predicted octanol–water partition coefficient (Wildman–Crippen LogP) is 5.12. The van der Waals surface area contributed by atoms with Crippen molar-refractivity contribution in [3.63, 3.8) is 0 Å². The minimum Gasteiger partial charge on any atom is -0.372 e. The second kappa shape index (κ2) is 8.19. The van der Waals surface area contributed by atoms with Crippen LogP contribution in [0.3, 0.4) is 0 Å². The Bertz CT molecular complexity index is 1490. The fourth-order valence-electron chi connectivity index (χ4n) is 3.94. The van der Waals surface area contributed by atoms with Crippen LogP contribution < -0.4 is 10.6 Å². The summed E-state index contributed by atoms with van der Waals surface area (Å²) in [6.07, 6.45) is 5.73. The van der Waals surface area contributed by atoms with Crippen molar-refractivity contribution < 1.29 is 9.18 Å². The van der Waals surface area contributed by atoms with Gasteiger partial charge in [-0.05, 0) is 61.2 Å². The lowest BCUT2D eigenvalue weighted by Crippen LogP contribution is -2.13. The van der Waals surface area contributed by atoms with E-state index in [1.807, 2.05) is 31.2 Å². The van der Waals surface area contributed by atoms with E-state index in [9.17, 15) is 14.4 Å². The van der Waals surface area contributed by atoms with E-state index in [-0.39, 0.29) is 5.91 Å². The maximum atomic E-state index is 14.4. The van der Waals surface area contributed by atoms with E-state index in [4.69, 9.17) is 0 Å². The second-order valence-electron chi connectivity index (χ2n) is 8.38. The molecule has 0 saturated heterocycles. The standard InChI is InChI=1S/C26H21FN6O/c1-15-3-4-19(33-25(34)16-5-8-30-22(10-16)26(27)6-7-26)11-20(15)17-9-18-14-32-24(29-2)21(12-28)23(18)31-13-17/h3-5,8-11,13-14H,6-7H2,1-2H3,(H,29,32)(H,33,34). The van der Waals surface area contributed by atoms with Crippen LogP contribution in [-0.2, 0) is 5.67 Å². The number of carbonyl (C=O) groups excluding carboxylic acids is 1. The topological polar surface area (TPSA) is 104 Å². The highest BCUT2D eigenvalue weighted by molar-refractivity contribution is 6.04. The summed E-state index contributed by atoms with van der Waals surface area (Å²) in [5.41, 5.74) is 3.56. The molecule has 0 bridgehead atoms.